The van der Waals surface area contributed by atoms with E-state index in [1.54, 1.807) is 6.07 Å². The van der Waals surface area contributed by atoms with E-state index in [1.165, 1.54) is 15.6 Å². The van der Waals surface area contributed by atoms with Crippen molar-refractivity contribution in [3.8, 4) is 0 Å². The smallest absolute Gasteiger partial charge is 0.262 e. The first-order valence-electron chi connectivity index (χ1n) is 3.60. The molecule has 0 spiro atoms. The van der Waals surface area contributed by atoms with E-state index in [0.29, 0.717) is 18.1 Å². The van der Waals surface area contributed by atoms with Crippen molar-refractivity contribution in [2.24, 2.45) is 0 Å². The number of anilines is 1. The van der Waals surface area contributed by atoms with Gasteiger partial charge in [0.1, 0.15) is 5.00 Å². The molecule has 72 valence electrons. The van der Waals surface area contributed by atoms with Crippen molar-refractivity contribution in [1.82, 2.24) is 4.31 Å². The van der Waals surface area contributed by atoms with Gasteiger partial charge >= 0.3 is 10.2 Å². The summed E-state index contributed by atoms with van der Waals surface area (Å²) in [6, 6.07) is 1.74. The zero-order valence-corrected chi connectivity index (χ0v) is 9.75. The van der Waals surface area contributed by atoms with E-state index < -0.39 is 10.2 Å². The number of hydrogen-bond donors (Lipinski definition) is 1. The van der Waals surface area contributed by atoms with Crippen LogP contribution in [0.2, 0.25) is 0 Å². The summed E-state index contributed by atoms with van der Waals surface area (Å²) in [5.74, 6) is 0. The molecular weight excluding hydrogens is 276 g/mol. The summed E-state index contributed by atoms with van der Waals surface area (Å²) in [6.07, 6.45) is 0. The van der Waals surface area contributed by atoms with Gasteiger partial charge < -0.3 is 0 Å². The third kappa shape index (κ3) is 2.22. The average molecular weight is 283 g/mol. The van der Waals surface area contributed by atoms with E-state index in [4.69, 9.17) is 0 Å². The second-order valence-corrected chi connectivity index (χ2v) is 6.13. The van der Waals surface area contributed by atoms with E-state index in [1.807, 2.05) is 5.38 Å². The molecule has 2 rings (SSSR count). The Labute approximate surface area is 88.9 Å². The van der Waals surface area contributed by atoms with Crippen LogP contribution in [0.5, 0.6) is 0 Å². The number of halogens is 1. The molecule has 2 heterocycles. The first kappa shape index (κ1) is 9.45. The van der Waals surface area contributed by atoms with Gasteiger partial charge in [-0.15, -0.1) is 11.3 Å². The highest BCUT2D eigenvalue weighted by Gasteiger charge is 2.31. The molecule has 1 saturated heterocycles. The third-order valence-corrected chi connectivity index (χ3v) is 4.80. The molecule has 1 aliphatic rings. The van der Waals surface area contributed by atoms with Gasteiger partial charge in [0.05, 0.1) is 0 Å². The Morgan fingerprint density at radius 1 is 1.54 bits per heavy atom. The standard InChI is InChI=1S/C6H7BrN2O2S2/c7-5-3-6(12-4-5)8-13(10,11)9-1-2-9/h3-4,8H,1-2H2. The Hall–Kier alpha value is -0.110. The lowest BCUT2D eigenvalue weighted by Crippen LogP contribution is -2.20. The van der Waals surface area contributed by atoms with Crippen LogP contribution in [0.1, 0.15) is 0 Å². The molecule has 1 aromatic heterocycles. The van der Waals surface area contributed by atoms with Gasteiger partial charge in [0.15, 0.2) is 0 Å². The van der Waals surface area contributed by atoms with Crippen LogP contribution in [0.25, 0.3) is 0 Å². The molecule has 4 nitrogen and oxygen atoms in total. The maximum absolute atomic E-state index is 11.4. The van der Waals surface area contributed by atoms with Gasteiger partial charge in [-0.2, -0.15) is 12.7 Å². The monoisotopic (exact) mass is 282 g/mol. The minimum Gasteiger partial charge on any atom is -0.262 e. The van der Waals surface area contributed by atoms with Crippen molar-refractivity contribution in [3.05, 3.63) is 15.9 Å². The average Bonchev–Trinajstić information content (AvgIpc) is 2.78. The maximum atomic E-state index is 11.4. The minimum atomic E-state index is -3.25. The Bertz CT molecular complexity index is 410. The quantitative estimate of drug-likeness (QED) is 0.854. The topological polar surface area (TPSA) is 49.2 Å². The molecule has 0 bridgehead atoms. The zero-order valence-electron chi connectivity index (χ0n) is 6.53. The molecule has 0 aliphatic carbocycles. The van der Waals surface area contributed by atoms with Gasteiger partial charge in [-0.05, 0) is 22.0 Å². The van der Waals surface area contributed by atoms with Crippen LogP contribution >= 0.6 is 27.3 Å². The van der Waals surface area contributed by atoms with Crippen molar-refractivity contribution in [2.75, 3.05) is 17.8 Å². The molecule has 0 amide bonds. The van der Waals surface area contributed by atoms with Crippen molar-refractivity contribution < 1.29 is 8.42 Å². The van der Waals surface area contributed by atoms with Gasteiger partial charge in [-0.1, -0.05) is 0 Å². The molecule has 0 atom stereocenters. The molecule has 1 fully saturated rings. The van der Waals surface area contributed by atoms with Crippen molar-refractivity contribution in [3.63, 3.8) is 0 Å². The Morgan fingerprint density at radius 3 is 2.69 bits per heavy atom. The fraction of sp³-hybridized carbons (Fsp3) is 0.333. The lowest BCUT2D eigenvalue weighted by atomic mass is 10.6. The highest BCUT2D eigenvalue weighted by atomic mass is 79.9. The van der Waals surface area contributed by atoms with Crippen LogP contribution in [0.3, 0.4) is 0 Å². The molecule has 1 aliphatic heterocycles. The summed E-state index contributed by atoms with van der Waals surface area (Å²) >= 11 is 4.61. The summed E-state index contributed by atoms with van der Waals surface area (Å²) in [7, 11) is -3.25. The summed E-state index contributed by atoms with van der Waals surface area (Å²) in [4.78, 5) is 0. The Morgan fingerprint density at radius 2 is 2.23 bits per heavy atom. The predicted molar refractivity (Wildman–Crippen MR) is 56.1 cm³/mol. The largest absolute Gasteiger partial charge is 0.302 e. The summed E-state index contributed by atoms with van der Waals surface area (Å²) in [6.45, 7) is 1.25. The van der Waals surface area contributed by atoms with Gasteiger partial charge in [0.2, 0.25) is 0 Å². The number of nitrogens with one attached hydrogen (secondary N) is 1. The number of rotatable bonds is 3. The molecular formula is C6H7BrN2O2S2. The highest BCUT2D eigenvalue weighted by molar-refractivity contribution is 9.10. The molecule has 0 unspecified atom stereocenters. The fourth-order valence-corrected chi connectivity index (χ4v) is 3.52. The van der Waals surface area contributed by atoms with Crippen LogP contribution in [0.4, 0.5) is 5.00 Å². The van der Waals surface area contributed by atoms with Crippen LogP contribution in [0.15, 0.2) is 15.9 Å². The molecule has 1 N–H and O–H groups in total. The molecule has 7 heteroatoms. The molecule has 0 saturated carbocycles. The number of hydrogen-bond acceptors (Lipinski definition) is 3. The first-order valence-corrected chi connectivity index (χ1v) is 6.71. The second-order valence-electron chi connectivity index (χ2n) is 2.64. The highest BCUT2D eigenvalue weighted by Crippen LogP contribution is 2.26. The van der Waals surface area contributed by atoms with Crippen LogP contribution < -0.4 is 4.72 Å². The summed E-state index contributed by atoms with van der Waals surface area (Å²) < 4.78 is 27.5. The van der Waals surface area contributed by atoms with Gasteiger partial charge in [0, 0.05) is 22.9 Å². The van der Waals surface area contributed by atoms with Crippen molar-refractivity contribution in [2.45, 2.75) is 0 Å². The fourth-order valence-electron chi connectivity index (χ4n) is 0.839. The van der Waals surface area contributed by atoms with Crippen molar-refractivity contribution in [1.29, 1.82) is 0 Å². The van der Waals surface area contributed by atoms with E-state index in [-0.39, 0.29) is 0 Å². The Kier molecular flexibility index (Phi) is 2.35. The summed E-state index contributed by atoms with van der Waals surface area (Å²) in [5, 5.41) is 2.47. The van der Waals surface area contributed by atoms with Crippen molar-refractivity contribution >= 4 is 42.5 Å². The number of thiophene rings is 1. The van der Waals surface area contributed by atoms with Gasteiger partial charge in [-0.25, -0.2) is 0 Å². The van der Waals surface area contributed by atoms with Gasteiger partial charge in [0.25, 0.3) is 0 Å². The van der Waals surface area contributed by atoms with E-state index >= 15 is 0 Å². The molecule has 1 aromatic rings. The maximum Gasteiger partial charge on any atom is 0.302 e. The summed E-state index contributed by atoms with van der Waals surface area (Å²) in [5.41, 5.74) is 0. The zero-order chi connectivity index (χ0) is 9.47. The number of nitrogens with zero attached hydrogens (tertiary/aromatic N) is 1. The SMILES string of the molecule is O=S(=O)(Nc1cc(Br)cs1)N1CC1. The van der Waals surface area contributed by atoms with E-state index in [9.17, 15) is 8.42 Å². The van der Waals surface area contributed by atoms with Gasteiger partial charge in [-0.3, -0.25) is 4.72 Å². The van der Waals surface area contributed by atoms with Crippen LogP contribution in [0, 0.1) is 0 Å². The Balaban J connectivity index is 2.13. The third-order valence-electron chi connectivity index (χ3n) is 1.54. The molecule has 0 aromatic carbocycles. The van der Waals surface area contributed by atoms with E-state index in [2.05, 4.69) is 20.7 Å². The lowest BCUT2D eigenvalue weighted by molar-refractivity contribution is 0.569. The minimum absolute atomic E-state index is 0.627. The lowest BCUT2D eigenvalue weighted by Gasteiger charge is -2.03. The van der Waals surface area contributed by atoms with Crippen LogP contribution in [-0.2, 0) is 10.2 Å². The predicted octanol–water partition coefficient (Wildman–Crippen LogP) is 1.48. The first-order chi connectivity index (χ1) is 6.08. The second kappa shape index (κ2) is 3.23. The molecule has 13 heavy (non-hydrogen) atoms. The normalized spacial score (nSPS) is 17.3. The van der Waals surface area contributed by atoms with Crippen LogP contribution in [-0.4, -0.2) is 25.8 Å². The molecule has 0 radical (unpaired) electrons. The van der Waals surface area contributed by atoms with E-state index in [0.717, 1.165) is 4.47 Å².